The molecule has 0 rings (SSSR count). The second-order valence-electron chi connectivity index (χ2n) is 22.8. The van der Waals surface area contributed by atoms with E-state index in [4.69, 9.17) is 18.5 Å². The van der Waals surface area contributed by atoms with Crippen LogP contribution in [0.1, 0.15) is 322 Å². The van der Waals surface area contributed by atoms with Crippen LogP contribution in [0.3, 0.4) is 0 Å². The van der Waals surface area contributed by atoms with E-state index in [0.29, 0.717) is 17.4 Å². The maximum absolute atomic E-state index is 12.8. The van der Waals surface area contributed by atoms with Crippen LogP contribution < -0.4 is 0 Å². The Balaban J connectivity index is 3.77. The Labute approximate surface area is 447 Å². The fourth-order valence-electron chi connectivity index (χ4n) is 9.43. The number of allylic oxidation sites excluding steroid dienone is 2. The van der Waals surface area contributed by atoms with Crippen molar-refractivity contribution in [1.82, 2.24) is 0 Å². The normalized spacial score (nSPS) is 13.2. The number of likely N-dealkylation sites (N-methyl/N-ethyl adjacent to an activating group) is 1. The molecular formula is C62H123NO8P+. The number of phosphoric ester groups is 1. The van der Waals surface area contributed by atoms with E-state index in [1.165, 1.54) is 257 Å². The zero-order chi connectivity index (χ0) is 52.7. The van der Waals surface area contributed by atoms with Gasteiger partial charge in [0.25, 0.3) is 0 Å². The number of hydrogen-bond acceptors (Lipinski definition) is 7. The van der Waals surface area contributed by atoms with Crippen molar-refractivity contribution in [2.24, 2.45) is 0 Å². The van der Waals surface area contributed by atoms with Gasteiger partial charge < -0.3 is 18.9 Å². The Morgan fingerprint density at radius 1 is 0.417 bits per heavy atom. The van der Waals surface area contributed by atoms with E-state index in [1.54, 1.807) is 0 Å². The summed E-state index contributed by atoms with van der Waals surface area (Å²) >= 11 is 0. The number of hydrogen-bond donors (Lipinski definition) is 1. The molecule has 2 unspecified atom stereocenters. The maximum atomic E-state index is 12.8. The highest BCUT2D eigenvalue weighted by molar-refractivity contribution is 7.47. The summed E-state index contributed by atoms with van der Waals surface area (Å²) < 4.78 is 34.4. The molecule has 1 N–H and O–H groups in total. The van der Waals surface area contributed by atoms with Crippen LogP contribution in [0.25, 0.3) is 0 Å². The molecule has 0 saturated carbocycles. The molecule has 0 aliphatic heterocycles. The molecule has 0 bridgehead atoms. The highest BCUT2D eigenvalue weighted by Gasteiger charge is 2.27. The maximum Gasteiger partial charge on any atom is 0.472 e. The number of quaternary nitrogens is 1. The molecule has 0 saturated heterocycles. The number of esters is 2. The predicted octanol–water partition coefficient (Wildman–Crippen LogP) is 19.6. The fourth-order valence-corrected chi connectivity index (χ4v) is 10.2. The average molecular weight is 1040 g/mol. The fraction of sp³-hybridized carbons (Fsp3) is 0.935. The van der Waals surface area contributed by atoms with Crippen molar-refractivity contribution in [2.45, 2.75) is 328 Å². The number of rotatable bonds is 59. The van der Waals surface area contributed by atoms with E-state index in [9.17, 15) is 19.0 Å². The second-order valence-corrected chi connectivity index (χ2v) is 24.3. The number of ether oxygens (including phenoxy) is 2. The van der Waals surface area contributed by atoms with Gasteiger partial charge in [-0.2, -0.15) is 0 Å². The van der Waals surface area contributed by atoms with Gasteiger partial charge in [0.2, 0.25) is 0 Å². The first-order valence-corrected chi connectivity index (χ1v) is 32.9. The molecule has 10 heteroatoms. The van der Waals surface area contributed by atoms with E-state index in [2.05, 4.69) is 26.0 Å². The minimum atomic E-state index is -4.37. The van der Waals surface area contributed by atoms with Gasteiger partial charge in [0.05, 0.1) is 27.7 Å². The molecule has 2 atom stereocenters. The third kappa shape index (κ3) is 58.0. The monoisotopic (exact) mass is 1040 g/mol. The van der Waals surface area contributed by atoms with Crippen molar-refractivity contribution >= 4 is 19.8 Å². The summed E-state index contributed by atoms with van der Waals surface area (Å²) in [4.78, 5) is 35.5. The summed E-state index contributed by atoms with van der Waals surface area (Å²) in [6.07, 6.45) is 64.9. The molecule has 0 aromatic heterocycles. The number of nitrogens with zero attached hydrogens (tertiary/aromatic N) is 1. The summed E-state index contributed by atoms with van der Waals surface area (Å²) in [6.45, 7) is 4.45. The van der Waals surface area contributed by atoms with Crippen LogP contribution in [0.2, 0.25) is 0 Å². The van der Waals surface area contributed by atoms with Gasteiger partial charge in [-0.05, 0) is 38.5 Å². The molecule has 0 fully saturated rings. The van der Waals surface area contributed by atoms with Crippen LogP contribution in [0, 0.1) is 0 Å². The Kier molecular flexibility index (Phi) is 53.6. The minimum absolute atomic E-state index is 0.0363. The second kappa shape index (κ2) is 54.5. The molecule has 72 heavy (non-hydrogen) atoms. The topological polar surface area (TPSA) is 108 Å². The van der Waals surface area contributed by atoms with Gasteiger partial charge in [0.1, 0.15) is 19.8 Å². The number of unbranched alkanes of at least 4 members (excludes halogenated alkanes) is 43. The van der Waals surface area contributed by atoms with Crippen molar-refractivity contribution in [2.75, 3.05) is 47.5 Å². The molecule has 0 spiro atoms. The molecule has 428 valence electrons. The van der Waals surface area contributed by atoms with E-state index < -0.39 is 26.5 Å². The summed E-state index contributed by atoms with van der Waals surface area (Å²) in [5, 5.41) is 0. The Morgan fingerprint density at radius 3 is 1.03 bits per heavy atom. The Morgan fingerprint density at radius 2 is 0.708 bits per heavy atom. The van der Waals surface area contributed by atoms with Crippen LogP contribution in [0.4, 0.5) is 0 Å². The lowest BCUT2D eigenvalue weighted by Crippen LogP contribution is -2.37. The zero-order valence-corrected chi connectivity index (χ0v) is 49.6. The Bertz CT molecular complexity index is 1220. The van der Waals surface area contributed by atoms with E-state index >= 15 is 0 Å². The first-order chi connectivity index (χ1) is 35.0. The van der Waals surface area contributed by atoms with Crippen LogP contribution in [-0.2, 0) is 32.7 Å². The van der Waals surface area contributed by atoms with Crippen LogP contribution in [-0.4, -0.2) is 74.9 Å². The standard InChI is InChI=1S/C62H122NO8P/c1-6-8-10-12-14-16-17-18-19-20-21-22-23-24-25-26-27-28-29-30-31-32-33-34-35-36-37-38-39-40-41-42-43-44-45-47-49-51-53-55-62(65)71-60(59-70-72(66,67)69-57-56-63(3,4)5)58-68-61(64)54-52-50-48-46-15-13-11-9-7-2/h20-21,60H,6-19,22-59H2,1-5H3/p+1/b21-20-. The molecule has 0 heterocycles. The third-order valence-corrected chi connectivity index (χ3v) is 15.3. The van der Waals surface area contributed by atoms with Gasteiger partial charge in [0, 0.05) is 12.8 Å². The average Bonchev–Trinajstić information content (AvgIpc) is 3.34. The molecule has 0 amide bonds. The smallest absolute Gasteiger partial charge is 0.462 e. The lowest BCUT2D eigenvalue weighted by atomic mass is 10.0. The molecular weight excluding hydrogens is 918 g/mol. The molecule has 0 aliphatic rings. The zero-order valence-electron chi connectivity index (χ0n) is 48.7. The SMILES string of the molecule is CCCCCCCCCC/C=C\CCCCCCCCCCCCCCCCCCCCCCCCCCCCCC(=O)OC(COC(=O)CCCCCCCCCCC)COP(=O)(O)OCC[N+](C)(C)C. The van der Waals surface area contributed by atoms with E-state index in [1.807, 2.05) is 21.1 Å². The lowest BCUT2D eigenvalue weighted by Gasteiger charge is -2.24. The van der Waals surface area contributed by atoms with Gasteiger partial charge in [-0.25, -0.2) is 4.57 Å². The largest absolute Gasteiger partial charge is 0.472 e. The molecule has 0 aromatic rings. The van der Waals surface area contributed by atoms with Crippen LogP contribution in [0.5, 0.6) is 0 Å². The van der Waals surface area contributed by atoms with Crippen molar-refractivity contribution in [1.29, 1.82) is 0 Å². The molecule has 0 aliphatic carbocycles. The third-order valence-electron chi connectivity index (χ3n) is 14.3. The van der Waals surface area contributed by atoms with E-state index in [-0.39, 0.29) is 25.6 Å². The summed E-state index contributed by atoms with van der Waals surface area (Å²) in [5.41, 5.74) is 0. The molecule has 9 nitrogen and oxygen atoms in total. The van der Waals surface area contributed by atoms with Gasteiger partial charge in [-0.15, -0.1) is 0 Å². The van der Waals surface area contributed by atoms with Crippen LogP contribution in [0.15, 0.2) is 12.2 Å². The van der Waals surface area contributed by atoms with Gasteiger partial charge >= 0.3 is 19.8 Å². The molecule has 0 radical (unpaired) electrons. The van der Waals surface area contributed by atoms with Crippen molar-refractivity contribution in [3.05, 3.63) is 12.2 Å². The highest BCUT2D eigenvalue weighted by atomic mass is 31.2. The van der Waals surface area contributed by atoms with Gasteiger partial charge in [0.15, 0.2) is 6.10 Å². The van der Waals surface area contributed by atoms with Gasteiger partial charge in [-0.1, -0.05) is 283 Å². The molecule has 0 aromatic carbocycles. The lowest BCUT2D eigenvalue weighted by molar-refractivity contribution is -0.870. The number of carbonyl (C=O) groups excluding carboxylic acids is 2. The van der Waals surface area contributed by atoms with Crippen molar-refractivity contribution < 1.29 is 42.1 Å². The van der Waals surface area contributed by atoms with Crippen LogP contribution >= 0.6 is 7.82 Å². The van der Waals surface area contributed by atoms with Crippen molar-refractivity contribution in [3.63, 3.8) is 0 Å². The summed E-state index contributed by atoms with van der Waals surface area (Å²) in [6, 6.07) is 0. The van der Waals surface area contributed by atoms with Crippen molar-refractivity contribution in [3.8, 4) is 0 Å². The first-order valence-electron chi connectivity index (χ1n) is 31.4. The highest BCUT2D eigenvalue weighted by Crippen LogP contribution is 2.43. The quantitative estimate of drug-likeness (QED) is 0.0211. The predicted molar refractivity (Wildman–Crippen MR) is 308 cm³/mol. The summed E-state index contributed by atoms with van der Waals surface area (Å²) in [7, 11) is 1.50. The Hall–Kier alpha value is -1.25. The number of carbonyl (C=O) groups is 2. The number of phosphoric acid groups is 1. The van der Waals surface area contributed by atoms with Gasteiger partial charge in [-0.3, -0.25) is 18.6 Å². The first kappa shape index (κ1) is 70.8. The minimum Gasteiger partial charge on any atom is -0.462 e. The van der Waals surface area contributed by atoms with E-state index in [0.717, 1.165) is 38.5 Å². The summed E-state index contributed by atoms with van der Waals surface area (Å²) in [5.74, 6) is -0.783.